The molecule has 2 aromatic carbocycles. The standard InChI is InChI=1S/C21H20N4O5S/c1-3-31-21-23-20-17(24-25-21)12-7-4-5-9-14(12)22-19(30-20)13-8-6-10-15(28-2)18(13)29-11-16(26)27/h4-10,19,22H,3,11H2,1-2H3,(H,26,27)/t19-/m0/s1. The van der Waals surface area contributed by atoms with Crippen molar-refractivity contribution in [2.24, 2.45) is 0 Å². The average Bonchev–Trinajstić information content (AvgIpc) is 2.94. The molecule has 1 aromatic heterocycles. The number of carboxylic acid groups (broad SMARTS) is 1. The van der Waals surface area contributed by atoms with Crippen LogP contribution in [0.15, 0.2) is 47.6 Å². The lowest BCUT2D eigenvalue weighted by Crippen LogP contribution is -2.20. The zero-order chi connectivity index (χ0) is 21.8. The largest absolute Gasteiger partial charge is 0.493 e. The minimum absolute atomic E-state index is 0.274. The molecule has 0 bridgehead atoms. The van der Waals surface area contributed by atoms with Crippen molar-refractivity contribution in [2.45, 2.75) is 18.3 Å². The van der Waals surface area contributed by atoms with Gasteiger partial charge in [0.1, 0.15) is 0 Å². The van der Waals surface area contributed by atoms with Gasteiger partial charge in [0.05, 0.1) is 12.7 Å². The summed E-state index contributed by atoms with van der Waals surface area (Å²) in [4.78, 5) is 15.6. The summed E-state index contributed by atoms with van der Waals surface area (Å²) in [5.41, 5.74) is 2.64. The number of rotatable bonds is 7. The summed E-state index contributed by atoms with van der Waals surface area (Å²) < 4.78 is 17.2. The van der Waals surface area contributed by atoms with Crippen LogP contribution in [-0.2, 0) is 4.79 Å². The fraction of sp³-hybridized carbons (Fsp3) is 0.238. The van der Waals surface area contributed by atoms with Crippen LogP contribution < -0.4 is 19.5 Å². The summed E-state index contributed by atoms with van der Waals surface area (Å²) in [6, 6.07) is 12.8. The number of anilines is 1. The Kier molecular flexibility index (Phi) is 6.08. The van der Waals surface area contributed by atoms with Gasteiger partial charge < -0.3 is 24.6 Å². The number of fused-ring (bicyclic) bond motifs is 3. The molecule has 0 aliphatic carbocycles. The first-order chi connectivity index (χ1) is 15.1. The number of hydrogen-bond donors (Lipinski definition) is 2. The van der Waals surface area contributed by atoms with E-state index in [-0.39, 0.29) is 5.75 Å². The van der Waals surface area contributed by atoms with E-state index in [1.165, 1.54) is 18.9 Å². The van der Waals surface area contributed by atoms with Crippen molar-refractivity contribution in [3.8, 4) is 28.6 Å². The second-order valence-corrected chi connectivity index (χ2v) is 7.66. The summed E-state index contributed by atoms with van der Waals surface area (Å²) in [6.07, 6.45) is -0.738. The van der Waals surface area contributed by atoms with E-state index in [0.717, 1.165) is 17.0 Å². The Balaban J connectivity index is 1.82. The number of benzene rings is 2. The molecular formula is C21H20N4O5S. The van der Waals surface area contributed by atoms with Gasteiger partial charge in [-0.25, -0.2) is 4.79 Å². The van der Waals surface area contributed by atoms with E-state index in [1.807, 2.05) is 31.2 Å². The van der Waals surface area contributed by atoms with E-state index in [1.54, 1.807) is 18.2 Å². The highest BCUT2D eigenvalue weighted by Gasteiger charge is 2.29. The van der Waals surface area contributed by atoms with Crippen LogP contribution >= 0.6 is 11.8 Å². The number of nitrogens with zero attached hydrogens (tertiary/aromatic N) is 3. The van der Waals surface area contributed by atoms with E-state index in [9.17, 15) is 4.79 Å². The van der Waals surface area contributed by atoms with Crippen molar-refractivity contribution in [3.63, 3.8) is 0 Å². The number of carboxylic acids is 1. The summed E-state index contributed by atoms with van der Waals surface area (Å²) in [7, 11) is 1.49. The van der Waals surface area contributed by atoms with E-state index in [4.69, 9.17) is 19.3 Å². The summed E-state index contributed by atoms with van der Waals surface area (Å²) in [5, 5.41) is 21.5. The molecule has 0 spiro atoms. The predicted octanol–water partition coefficient (Wildman–Crippen LogP) is 3.63. The first kappa shape index (κ1) is 20.7. The molecule has 160 valence electrons. The van der Waals surface area contributed by atoms with Crippen LogP contribution in [0.2, 0.25) is 0 Å². The van der Waals surface area contributed by atoms with Gasteiger partial charge in [-0.05, 0) is 24.0 Å². The average molecular weight is 440 g/mol. The smallest absolute Gasteiger partial charge is 0.341 e. The van der Waals surface area contributed by atoms with Gasteiger partial charge in [0.15, 0.2) is 23.8 Å². The van der Waals surface area contributed by atoms with E-state index in [0.29, 0.717) is 28.0 Å². The van der Waals surface area contributed by atoms with Gasteiger partial charge >= 0.3 is 5.97 Å². The summed E-state index contributed by atoms with van der Waals surface area (Å²) >= 11 is 1.46. The van der Waals surface area contributed by atoms with Crippen molar-refractivity contribution in [1.82, 2.24) is 15.2 Å². The van der Waals surface area contributed by atoms with Crippen molar-refractivity contribution in [2.75, 3.05) is 24.8 Å². The number of aliphatic carboxylic acids is 1. The second-order valence-electron chi connectivity index (χ2n) is 6.43. The highest BCUT2D eigenvalue weighted by molar-refractivity contribution is 7.99. The highest BCUT2D eigenvalue weighted by Crippen LogP contribution is 2.43. The van der Waals surface area contributed by atoms with E-state index < -0.39 is 18.8 Å². The number of hydrogen-bond acceptors (Lipinski definition) is 9. The lowest BCUT2D eigenvalue weighted by atomic mass is 10.1. The monoisotopic (exact) mass is 440 g/mol. The molecule has 0 fully saturated rings. The number of methoxy groups -OCH3 is 1. The molecule has 1 aliphatic heterocycles. The van der Waals surface area contributed by atoms with Crippen LogP contribution in [0.4, 0.5) is 5.69 Å². The van der Waals surface area contributed by atoms with Crippen LogP contribution in [0.25, 0.3) is 11.3 Å². The summed E-state index contributed by atoms with van der Waals surface area (Å²) in [5.74, 6) is 0.684. The lowest BCUT2D eigenvalue weighted by Gasteiger charge is -2.22. The highest BCUT2D eigenvalue weighted by atomic mass is 32.2. The Morgan fingerprint density at radius 3 is 2.84 bits per heavy atom. The van der Waals surface area contributed by atoms with Gasteiger partial charge in [0.2, 0.25) is 17.3 Å². The van der Waals surface area contributed by atoms with Gasteiger partial charge in [0.25, 0.3) is 0 Å². The predicted molar refractivity (Wildman–Crippen MR) is 115 cm³/mol. The number of para-hydroxylation sites is 2. The van der Waals surface area contributed by atoms with Crippen LogP contribution in [-0.4, -0.2) is 45.7 Å². The summed E-state index contributed by atoms with van der Waals surface area (Å²) in [6.45, 7) is 1.48. The fourth-order valence-electron chi connectivity index (χ4n) is 3.17. The van der Waals surface area contributed by atoms with Gasteiger partial charge in [-0.3, -0.25) is 0 Å². The first-order valence-corrected chi connectivity index (χ1v) is 10.5. The lowest BCUT2D eigenvalue weighted by molar-refractivity contribution is -0.139. The van der Waals surface area contributed by atoms with Crippen molar-refractivity contribution in [1.29, 1.82) is 0 Å². The Hall–Kier alpha value is -3.53. The quantitative estimate of drug-likeness (QED) is 0.528. The molecule has 4 rings (SSSR count). The van der Waals surface area contributed by atoms with Gasteiger partial charge in [-0.15, -0.1) is 10.2 Å². The molecule has 1 aliphatic rings. The molecule has 0 unspecified atom stereocenters. The van der Waals surface area contributed by atoms with Crippen molar-refractivity contribution in [3.05, 3.63) is 48.0 Å². The maximum atomic E-state index is 11.1. The Morgan fingerprint density at radius 2 is 2.06 bits per heavy atom. The van der Waals surface area contributed by atoms with Crippen LogP contribution in [0.3, 0.4) is 0 Å². The Bertz CT molecular complexity index is 1110. The third kappa shape index (κ3) is 4.33. The number of carbonyl (C=O) groups is 1. The van der Waals surface area contributed by atoms with Gasteiger partial charge in [-0.2, -0.15) is 4.98 Å². The van der Waals surface area contributed by atoms with E-state index in [2.05, 4.69) is 20.5 Å². The number of ether oxygens (including phenoxy) is 3. The topological polar surface area (TPSA) is 116 Å². The Morgan fingerprint density at radius 1 is 1.23 bits per heavy atom. The van der Waals surface area contributed by atoms with Crippen LogP contribution in [0.1, 0.15) is 18.7 Å². The molecule has 31 heavy (non-hydrogen) atoms. The molecule has 0 saturated heterocycles. The zero-order valence-electron chi connectivity index (χ0n) is 16.9. The first-order valence-electron chi connectivity index (χ1n) is 9.52. The molecule has 2 N–H and O–H groups in total. The van der Waals surface area contributed by atoms with Gasteiger partial charge in [-0.1, -0.05) is 43.0 Å². The molecular weight excluding hydrogens is 420 g/mol. The maximum Gasteiger partial charge on any atom is 0.341 e. The van der Waals surface area contributed by atoms with Gasteiger partial charge in [0, 0.05) is 11.3 Å². The number of aromatic nitrogens is 3. The molecule has 0 saturated carbocycles. The normalized spacial score (nSPS) is 14.3. The molecule has 1 atom stereocenters. The molecule has 2 heterocycles. The third-order valence-electron chi connectivity index (χ3n) is 4.46. The molecule has 10 heteroatoms. The zero-order valence-corrected chi connectivity index (χ0v) is 17.7. The van der Waals surface area contributed by atoms with E-state index >= 15 is 0 Å². The Labute approximate surface area is 182 Å². The van der Waals surface area contributed by atoms with Crippen molar-refractivity contribution >= 4 is 23.4 Å². The fourth-order valence-corrected chi connectivity index (χ4v) is 3.67. The van der Waals surface area contributed by atoms with Crippen molar-refractivity contribution < 1.29 is 24.1 Å². The number of thioether (sulfide) groups is 1. The van der Waals surface area contributed by atoms with Crippen LogP contribution in [0, 0.1) is 0 Å². The SMILES string of the molecule is CCSc1nnc2c(n1)O[C@@H](c1cccc(OC)c1OCC(=O)O)Nc1ccccc1-2. The minimum Gasteiger partial charge on any atom is -0.493 e. The second kappa shape index (κ2) is 9.09. The minimum atomic E-state index is -1.10. The number of nitrogens with one attached hydrogen (secondary N) is 1. The molecule has 3 aromatic rings. The molecule has 9 nitrogen and oxygen atoms in total. The molecule has 0 amide bonds. The van der Waals surface area contributed by atoms with Crippen LogP contribution in [0.5, 0.6) is 17.4 Å². The maximum absolute atomic E-state index is 11.1. The molecule has 0 radical (unpaired) electrons. The third-order valence-corrected chi connectivity index (χ3v) is 5.18.